The van der Waals surface area contributed by atoms with Crippen LogP contribution in [0.3, 0.4) is 0 Å². The predicted octanol–water partition coefficient (Wildman–Crippen LogP) is -0.738. The average molecular weight is 170 g/mol. The van der Waals surface area contributed by atoms with Gasteiger partial charge in [-0.15, -0.1) is 0 Å². The summed E-state index contributed by atoms with van der Waals surface area (Å²) < 4.78 is 4.28. The highest BCUT2D eigenvalue weighted by atomic mass is 16.5. The Morgan fingerprint density at radius 1 is 1.75 bits per heavy atom. The number of ether oxygens (including phenoxy) is 1. The summed E-state index contributed by atoms with van der Waals surface area (Å²) in [5.41, 5.74) is -0.773. The molecule has 1 aromatic rings. The lowest BCUT2D eigenvalue weighted by Gasteiger charge is -1.96. The van der Waals surface area contributed by atoms with Gasteiger partial charge in [0.05, 0.1) is 13.3 Å². The molecule has 0 aliphatic heterocycles. The van der Waals surface area contributed by atoms with Gasteiger partial charge in [0, 0.05) is 0 Å². The second kappa shape index (κ2) is 3.04. The number of aromatic nitrogens is 2. The smallest absolute Gasteiger partial charge is 0.374 e. The summed E-state index contributed by atoms with van der Waals surface area (Å²) in [5, 5.41) is 8.74. The highest BCUT2D eigenvalue weighted by molar-refractivity contribution is 5.84. The Kier molecular flexibility index (Phi) is 2.09. The molecule has 0 bridgehead atoms. The van der Waals surface area contributed by atoms with Crippen LogP contribution in [-0.4, -0.2) is 28.2 Å². The van der Waals surface area contributed by atoms with E-state index in [4.69, 9.17) is 5.11 Å². The number of aromatic amines is 1. The van der Waals surface area contributed by atoms with Gasteiger partial charge >= 0.3 is 5.97 Å². The van der Waals surface area contributed by atoms with Crippen LogP contribution < -0.4 is 5.56 Å². The molecule has 0 aliphatic rings. The van der Waals surface area contributed by atoms with E-state index in [0.29, 0.717) is 0 Å². The minimum Gasteiger partial charge on any atom is -0.502 e. The Morgan fingerprint density at radius 3 is 2.92 bits per heavy atom. The molecule has 1 rings (SSSR count). The normalized spacial score (nSPS) is 9.42. The van der Waals surface area contributed by atoms with Gasteiger partial charge in [-0.1, -0.05) is 0 Å². The summed E-state index contributed by atoms with van der Waals surface area (Å²) in [4.78, 5) is 26.9. The third kappa shape index (κ3) is 1.42. The lowest BCUT2D eigenvalue weighted by atomic mass is 10.5. The van der Waals surface area contributed by atoms with Gasteiger partial charge < -0.3 is 9.84 Å². The van der Waals surface area contributed by atoms with Gasteiger partial charge in [0.2, 0.25) is 5.82 Å². The zero-order chi connectivity index (χ0) is 9.14. The molecule has 1 heterocycles. The lowest BCUT2D eigenvalue weighted by Crippen LogP contribution is -2.15. The first-order valence-corrected chi connectivity index (χ1v) is 3.01. The second-order valence-electron chi connectivity index (χ2n) is 1.94. The molecule has 2 N–H and O–H groups in total. The van der Waals surface area contributed by atoms with Crippen LogP contribution in [-0.2, 0) is 4.74 Å². The highest BCUT2D eigenvalue weighted by Crippen LogP contribution is 1.95. The number of methoxy groups -OCH3 is 1. The molecule has 64 valence electrons. The molecular weight excluding hydrogens is 164 g/mol. The first-order chi connectivity index (χ1) is 5.65. The van der Waals surface area contributed by atoms with Crippen LogP contribution in [0.5, 0.6) is 5.75 Å². The van der Waals surface area contributed by atoms with Gasteiger partial charge in [-0.25, -0.2) is 9.78 Å². The first-order valence-electron chi connectivity index (χ1n) is 3.01. The van der Waals surface area contributed by atoms with Crippen molar-refractivity contribution in [2.45, 2.75) is 0 Å². The number of esters is 1. The summed E-state index contributed by atoms with van der Waals surface area (Å²) in [5.74, 6) is -1.53. The number of hydrogen-bond donors (Lipinski definition) is 2. The summed E-state index contributed by atoms with van der Waals surface area (Å²) in [7, 11) is 1.16. The SMILES string of the molecule is COC(=O)c1ncc(O)c(=O)[nH]1. The molecule has 0 aliphatic carbocycles. The lowest BCUT2D eigenvalue weighted by molar-refractivity contribution is 0.0586. The Hall–Kier alpha value is -1.85. The Bertz CT molecular complexity index is 357. The number of rotatable bonds is 1. The molecule has 6 nitrogen and oxygen atoms in total. The van der Waals surface area contributed by atoms with E-state index >= 15 is 0 Å². The maximum atomic E-state index is 10.7. The molecule has 1 aromatic heterocycles. The van der Waals surface area contributed by atoms with Crippen LogP contribution in [0.4, 0.5) is 0 Å². The Labute approximate surface area is 66.8 Å². The van der Waals surface area contributed by atoms with Crippen molar-refractivity contribution in [3.63, 3.8) is 0 Å². The third-order valence-electron chi connectivity index (χ3n) is 1.16. The van der Waals surface area contributed by atoms with Crippen molar-refractivity contribution in [2.75, 3.05) is 7.11 Å². The van der Waals surface area contributed by atoms with E-state index in [-0.39, 0.29) is 5.82 Å². The average Bonchev–Trinajstić information content (AvgIpc) is 2.08. The minimum atomic E-state index is -0.773. The molecular formula is C6H6N2O4. The van der Waals surface area contributed by atoms with Gasteiger partial charge in [-0.2, -0.15) is 0 Å². The second-order valence-corrected chi connectivity index (χ2v) is 1.94. The summed E-state index contributed by atoms with van der Waals surface area (Å²) >= 11 is 0. The van der Waals surface area contributed by atoms with E-state index in [1.54, 1.807) is 0 Å². The number of carbonyl (C=O) groups excluding carboxylic acids is 1. The van der Waals surface area contributed by atoms with E-state index in [0.717, 1.165) is 13.3 Å². The van der Waals surface area contributed by atoms with E-state index < -0.39 is 17.3 Å². The van der Waals surface area contributed by atoms with Crippen LogP contribution in [0.25, 0.3) is 0 Å². The fourth-order valence-corrected chi connectivity index (χ4v) is 0.589. The van der Waals surface area contributed by atoms with Crippen LogP contribution in [0, 0.1) is 0 Å². The maximum absolute atomic E-state index is 10.7. The van der Waals surface area contributed by atoms with Crippen molar-refractivity contribution < 1.29 is 14.6 Å². The van der Waals surface area contributed by atoms with Gasteiger partial charge in [0.25, 0.3) is 5.56 Å². The standard InChI is InChI=1S/C6H6N2O4/c1-12-6(11)4-7-2-3(9)5(10)8-4/h2,9H,1H3,(H,7,8,10). The van der Waals surface area contributed by atoms with E-state index in [2.05, 4.69) is 9.72 Å². The van der Waals surface area contributed by atoms with E-state index in [1.165, 1.54) is 0 Å². The number of nitrogens with zero attached hydrogens (tertiary/aromatic N) is 1. The molecule has 0 atom stereocenters. The van der Waals surface area contributed by atoms with Gasteiger partial charge in [-0.05, 0) is 0 Å². The maximum Gasteiger partial charge on any atom is 0.374 e. The molecule has 0 fully saturated rings. The molecule has 0 saturated heterocycles. The van der Waals surface area contributed by atoms with E-state index in [9.17, 15) is 9.59 Å². The monoisotopic (exact) mass is 170 g/mol. The number of carbonyl (C=O) groups is 1. The quantitative estimate of drug-likeness (QED) is 0.541. The topological polar surface area (TPSA) is 92.3 Å². The Morgan fingerprint density at radius 2 is 2.42 bits per heavy atom. The number of nitrogens with one attached hydrogen (secondary N) is 1. The zero-order valence-electron chi connectivity index (χ0n) is 6.20. The van der Waals surface area contributed by atoms with Gasteiger partial charge in [0.1, 0.15) is 0 Å². The molecule has 0 radical (unpaired) electrons. The number of H-pyrrole nitrogens is 1. The number of aromatic hydroxyl groups is 1. The molecule has 0 amide bonds. The zero-order valence-corrected chi connectivity index (χ0v) is 6.20. The van der Waals surface area contributed by atoms with Crippen molar-refractivity contribution in [2.24, 2.45) is 0 Å². The van der Waals surface area contributed by atoms with Crippen LogP contribution in [0.2, 0.25) is 0 Å². The summed E-state index contributed by atoms with van der Waals surface area (Å²) in [6.45, 7) is 0. The molecule has 12 heavy (non-hydrogen) atoms. The molecule has 0 aromatic carbocycles. The van der Waals surface area contributed by atoms with Gasteiger partial charge in [0.15, 0.2) is 5.75 Å². The molecule has 0 spiro atoms. The first kappa shape index (κ1) is 8.25. The van der Waals surface area contributed by atoms with Gasteiger partial charge in [-0.3, -0.25) is 9.78 Å². The van der Waals surface area contributed by atoms with Crippen molar-refractivity contribution >= 4 is 5.97 Å². The summed E-state index contributed by atoms with van der Waals surface area (Å²) in [6, 6.07) is 0. The van der Waals surface area contributed by atoms with E-state index in [1.807, 2.05) is 4.98 Å². The fourth-order valence-electron chi connectivity index (χ4n) is 0.589. The van der Waals surface area contributed by atoms with Crippen molar-refractivity contribution in [1.82, 2.24) is 9.97 Å². The largest absolute Gasteiger partial charge is 0.502 e. The summed E-state index contributed by atoms with van der Waals surface area (Å²) in [6.07, 6.45) is 0.880. The predicted molar refractivity (Wildman–Crippen MR) is 37.9 cm³/mol. The van der Waals surface area contributed by atoms with Crippen molar-refractivity contribution in [3.8, 4) is 5.75 Å². The van der Waals surface area contributed by atoms with Crippen molar-refractivity contribution in [1.29, 1.82) is 0 Å². The number of hydrogen-bond acceptors (Lipinski definition) is 5. The molecule has 0 unspecified atom stereocenters. The van der Waals surface area contributed by atoms with Crippen LogP contribution in [0.1, 0.15) is 10.6 Å². The molecule has 0 saturated carbocycles. The van der Waals surface area contributed by atoms with Crippen LogP contribution >= 0.6 is 0 Å². The minimum absolute atomic E-state index is 0.236. The Balaban J connectivity index is 3.13. The molecule has 6 heteroatoms. The van der Waals surface area contributed by atoms with Crippen molar-refractivity contribution in [3.05, 3.63) is 22.4 Å². The fraction of sp³-hybridized carbons (Fsp3) is 0.167. The third-order valence-corrected chi connectivity index (χ3v) is 1.16. The van der Waals surface area contributed by atoms with Crippen LogP contribution in [0.15, 0.2) is 11.0 Å². The highest BCUT2D eigenvalue weighted by Gasteiger charge is 2.08.